The molecule has 0 unspecified atom stereocenters. The number of H-pyrrole nitrogens is 1. The Labute approximate surface area is 147 Å². The molecule has 0 saturated heterocycles. The second-order valence-electron chi connectivity index (χ2n) is 6.32. The zero-order chi connectivity index (χ0) is 19.5. The van der Waals surface area contributed by atoms with Gasteiger partial charge in [0.25, 0.3) is 5.56 Å². The van der Waals surface area contributed by atoms with Crippen LogP contribution in [0, 0.1) is 10.1 Å². The minimum Gasteiger partial charge on any atom is -0.500 e. The third kappa shape index (κ3) is 4.12. The second-order valence-corrected chi connectivity index (χ2v) is 6.32. The molecular weight excluding hydrogens is 344 g/mol. The maximum Gasteiger partial charge on any atom is 0.315 e. The van der Waals surface area contributed by atoms with Crippen LogP contribution < -0.4 is 15.7 Å². The lowest BCUT2D eigenvalue weighted by Gasteiger charge is -2.15. The summed E-state index contributed by atoms with van der Waals surface area (Å²) in [4.78, 5) is 24.7. The van der Waals surface area contributed by atoms with Crippen LogP contribution in [-0.2, 0) is 5.41 Å². The van der Waals surface area contributed by atoms with Gasteiger partial charge in [0.1, 0.15) is 5.69 Å². The van der Waals surface area contributed by atoms with Crippen molar-refractivity contribution in [3.05, 3.63) is 43.9 Å². The first-order valence-corrected chi connectivity index (χ1v) is 7.45. The van der Waals surface area contributed by atoms with Crippen LogP contribution in [0.3, 0.4) is 0 Å². The van der Waals surface area contributed by atoms with Gasteiger partial charge in [-0.3, -0.25) is 19.9 Å². The third-order valence-corrected chi connectivity index (χ3v) is 3.29. The van der Waals surface area contributed by atoms with Gasteiger partial charge >= 0.3 is 5.69 Å². The van der Waals surface area contributed by atoms with Gasteiger partial charge in [-0.25, -0.2) is 5.43 Å². The summed E-state index contributed by atoms with van der Waals surface area (Å²) in [5.74, 6) is -0.626. The number of hydrazone groups is 1. The molecule has 0 aliphatic rings. The standard InChI is InChI=1S/C15H18N6O5/c1-15(2,3)12-13(23)17-14(20-18-12)19-16-7-8-5-9(21(24)25)11(22)10(6-8)26-4/h5-7,22H,1-4H3,(H2,17,19,20,23)/b16-7+. The normalized spacial score (nSPS) is 11.5. The Morgan fingerprint density at radius 1 is 1.38 bits per heavy atom. The number of aromatic nitrogens is 3. The quantitative estimate of drug-likeness (QED) is 0.411. The van der Waals surface area contributed by atoms with E-state index < -0.39 is 27.3 Å². The van der Waals surface area contributed by atoms with E-state index in [-0.39, 0.29) is 17.4 Å². The molecule has 0 fully saturated rings. The highest BCUT2D eigenvalue weighted by Gasteiger charge is 2.21. The van der Waals surface area contributed by atoms with Gasteiger partial charge in [-0.1, -0.05) is 20.8 Å². The van der Waals surface area contributed by atoms with Gasteiger partial charge in [0.2, 0.25) is 11.7 Å². The number of methoxy groups -OCH3 is 1. The minimum absolute atomic E-state index is 0.0134. The number of benzene rings is 1. The first-order chi connectivity index (χ1) is 12.1. The Balaban J connectivity index is 2.24. The Kier molecular flexibility index (Phi) is 5.19. The highest BCUT2D eigenvalue weighted by molar-refractivity contribution is 5.83. The van der Waals surface area contributed by atoms with Crippen LogP contribution in [0.2, 0.25) is 0 Å². The molecule has 0 atom stereocenters. The summed E-state index contributed by atoms with van der Waals surface area (Å²) in [7, 11) is 1.27. The third-order valence-electron chi connectivity index (χ3n) is 3.29. The van der Waals surface area contributed by atoms with E-state index in [1.807, 2.05) is 20.8 Å². The molecule has 26 heavy (non-hydrogen) atoms. The number of rotatable bonds is 5. The summed E-state index contributed by atoms with van der Waals surface area (Å²) in [6, 6.07) is 2.49. The summed E-state index contributed by atoms with van der Waals surface area (Å²) in [5.41, 5.74) is 1.69. The maximum atomic E-state index is 12.0. The van der Waals surface area contributed by atoms with E-state index in [9.17, 15) is 20.0 Å². The fourth-order valence-corrected chi connectivity index (χ4v) is 2.03. The molecule has 1 heterocycles. The number of phenolic OH excluding ortho intramolecular Hbond substituents is 1. The highest BCUT2D eigenvalue weighted by Crippen LogP contribution is 2.36. The lowest BCUT2D eigenvalue weighted by Crippen LogP contribution is -2.28. The molecule has 11 nitrogen and oxygen atoms in total. The van der Waals surface area contributed by atoms with Crippen LogP contribution >= 0.6 is 0 Å². The molecule has 2 rings (SSSR count). The predicted molar refractivity (Wildman–Crippen MR) is 93.9 cm³/mol. The number of hydrogen-bond acceptors (Lipinski definition) is 9. The van der Waals surface area contributed by atoms with E-state index in [2.05, 4.69) is 25.7 Å². The Hall–Kier alpha value is -3.50. The summed E-state index contributed by atoms with van der Waals surface area (Å²) >= 11 is 0. The van der Waals surface area contributed by atoms with Gasteiger partial charge in [0.15, 0.2) is 5.75 Å². The summed E-state index contributed by atoms with van der Waals surface area (Å²) < 4.78 is 4.90. The number of nitrogens with one attached hydrogen (secondary N) is 2. The summed E-state index contributed by atoms with van der Waals surface area (Å²) in [6.45, 7) is 5.51. The first-order valence-electron chi connectivity index (χ1n) is 7.45. The molecule has 3 N–H and O–H groups in total. The van der Waals surface area contributed by atoms with Gasteiger partial charge in [-0.05, 0) is 6.07 Å². The zero-order valence-corrected chi connectivity index (χ0v) is 14.6. The first kappa shape index (κ1) is 18.8. The van der Waals surface area contributed by atoms with E-state index in [1.54, 1.807) is 0 Å². The van der Waals surface area contributed by atoms with Crippen molar-refractivity contribution in [2.24, 2.45) is 5.10 Å². The van der Waals surface area contributed by atoms with E-state index >= 15 is 0 Å². The Morgan fingerprint density at radius 2 is 2.08 bits per heavy atom. The second kappa shape index (κ2) is 7.17. The number of nitrogens with zero attached hydrogens (tertiary/aromatic N) is 4. The molecule has 0 aliphatic carbocycles. The fraction of sp³-hybridized carbons (Fsp3) is 0.333. The van der Waals surface area contributed by atoms with Gasteiger partial charge < -0.3 is 9.84 Å². The van der Waals surface area contributed by atoms with Crippen molar-refractivity contribution in [1.82, 2.24) is 15.2 Å². The summed E-state index contributed by atoms with van der Waals surface area (Å²) in [5, 5.41) is 32.2. The van der Waals surface area contributed by atoms with E-state index in [1.165, 1.54) is 19.4 Å². The molecule has 0 saturated carbocycles. The van der Waals surface area contributed by atoms with Crippen molar-refractivity contribution in [2.45, 2.75) is 26.2 Å². The van der Waals surface area contributed by atoms with E-state index in [0.29, 0.717) is 5.56 Å². The number of anilines is 1. The number of hydrogen-bond donors (Lipinski definition) is 3. The summed E-state index contributed by atoms with van der Waals surface area (Å²) in [6.07, 6.45) is 1.24. The van der Waals surface area contributed by atoms with Crippen molar-refractivity contribution in [3.8, 4) is 11.5 Å². The van der Waals surface area contributed by atoms with Crippen LogP contribution in [0.1, 0.15) is 32.0 Å². The van der Waals surface area contributed by atoms with E-state index in [0.717, 1.165) is 6.07 Å². The van der Waals surface area contributed by atoms with Crippen LogP contribution in [0.15, 0.2) is 22.0 Å². The number of phenols is 1. The largest absolute Gasteiger partial charge is 0.500 e. The van der Waals surface area contributed by atoms with Crippen molar-refractivity contribution < 1.29 is 14.8 Å². The molecule has 0 spiro atoms. The Bertz CT molecular complexity index is 916. The molecule has 1 aromatic heterocycles. The van der Waals surface area contributed by atoms with Crippen molar-refractivity contribution in [3.63, 3.8) is 0 Å². The predicted octanol–water partition coefficient (Wildman–Crippen LogP) is 1.53. The zero-order valence-electron chi connectivity index (χ0n) is 14.6. The van der Waals surface area contributed by atoms with E-state index in [4.69, 9.17) is 4.74 Å². The molecule has 138 valence electrons. The van der Waals surface area contributed by atoms with Gasteiger partial charge in [-0.15, -0.1) is 10.2 Å². The average molecular weight is 362 g/mol. The molecule has 11 heteroatoms. The van der Waals surface area contributed by atoms with Gasteiger partial charge in [0.05, 0.1) is 18.2 Å². The maximum absolute atomic E-state index is 12.0. The molecule has 0 amide bonds. The number of nitro benzene ring substituents is 1. The molecule has 0 radical (unpaired) electrons. The lowest BCUT2D eigenvalue weighted by atomic mass is 9.93. The smallest absolute Gasteiger partial charge is 0.315 e. The molecule has 2 aromatic rings. The Morgan fingerprint density at radius 3 is 2.62 bits per heavy atom. The van der Waals surface area contributed by atoms with Crippen LogP contribution in [0.4, 0.5) is 11.6 Å². The number of aromatic amines is 1. The SMILES string of the molecule is COc1cc(/C=N/Nc2nnc(C(C)(C)C)c(=O)[nH]2)cc([N+](=O)[O-])c1O. The molecule has 1 aromatic carbocycles. The van der Waals surface area contributed by atoms with Gasteiger partial charge in [0, 0.05) is 17.0 Å². The lowest BCUT2D eigenvalue weighted by molar-refractivity contribution is -0.386. The molecule has 0 aliphatic heterocycles. The van der Waals surface area contributed by atoms with Crippen molar-refractivity contribution in [1.29, 1.82) is 0 Å². The van der Waals surface area contributed by atoms with Crippen molar-refractivity contribution >= 4 is 17.9 Å². The minimum atomic E-state index is -0.739. The van der Waals surface area contributed by atoms with Crippen LogP contribution in [-0.4, -0.2) is 38.5 Å². The van der Waals surface area contributed by atoms with Gasteiger partial charge in [-0.2, -0.15) is 5.10 Å². The fourth-order valence-electron chi connectivity index (χ4n) is 2.03. The van der Waals surface area contributed by atoms with Crippen molar-refractivity contribution in [2.75, 3.05) is 12.5 Å². The highest BCUT2D eigenvalue weighted by atomic mass is 16.6. The number of nitro groups is 1. The molecular formula is C15H18N6O5. The average Bonchev–Trinajstić information content (AvgIpc) is 2.54. The topological polar surface area (TPSA) is 156 Å². The number of aromatic hydroxyl groups is 1. The van der Waals surface area contributed by atoms with Crippen LogP contribution in [0.5, 0.6) is 11.5 Å². The monoisotopic (exact) mass is 362 g/mol. The molecule has 0 bridgehead atoms. The van der Waals surface area contributed by atoms with Crippen LogP contribution in [0.25, 0.3) is 0 Å². The number of ether oxygens (including phenoxy) is 1.